The number of thioether (sulfide) groups is 1. The lowest BCUT2D eigenvalue weighted by Crippen LogP contribution is -2.52. The van der Waals surface area contributed by atoms with Crippen molar-refractivity contribution in [3.63, 3.8) is 0 Å². The minimum absolute atomic E-state index is 0.177. The van der Waals surface area contributed by atoms with E-state index in [1.165, 1.54) is 17.8 Å². The van der Waals surface area contributed by atoms with Gasteiger partial charge in [0.2, 0.25) is 17.7 Å². The molecule has 1 unspecified atom stereocenters. The molecule has 112 valence electrons. The summed E-state index contributed by atoms with van der Waals surface area (Å²) in [6, 6.07) is 5.70. The van der Waals surface area contributed by atoms with Gasteiger partial charge in [-0.2, -0.15) is 0 Å². The standard InChI is InChI=1S/C14H15FN2O3S/c15-9-3-1-2-4-11(9)21-8-7-13(19)16-10-5-6-12(18)17-14(10)20/h1-4,10H,5-8H2,(H,16,19)(H,17,18,20). The summed E-state index contributed by atoms with van der Waals surface area (Å²) >= 11 is 1.25. The second-order valence-electron chi connectivity index (χ2n) is 4.60. The van der Waals surface area contributed by atoms with Crippen LogP contribution >= 0.6 is 11.8 Å². The zero-order valence-electron chi connectivity index (χ0n) is 11.2. The fraction of sp³-hybridized carbons (Fsp3) is 0.357. The van der Waals surface area contributed by atoms with Gasteiger partial charge in [0.1, 0.15) is 11.9 Å². The maximum atomic E-state index is 13.4. The lowest BCUT2D eigenvalue weighted by Gasteiger charge is -2.21. The summed E-state index contributed by atoms with van der Waals surface area (Å²) in [6.45, 7) is 0. The second kappa shape index (κ2) is 7.21. The highest BCUT2D eigenvalue weighted by Crippen LogP contribution is 2.21. The predicted molar refractivity (Wildman–Crippen MR) is 76.1 cm³/mol. The molecule has 1 atom stereocenters. The van der Waals surface area contributed by atoms with Crippen LogP contribution in [0.5, 0.6) is 0 Å². The summed E-state index contributed by atoms with van der Waals surface area (Å²) in [6.07, 6.45) is 0.717. The molecule has 1 fully saturated rings. The Bertz CT molecular complexity index is 565. The van der Waals surface area contributed by atoms with Crippen LogP contribution in [-0.4, -0.2) is 29.5 Å². The van der Waals surface area contributed by atoms with Gasteiger partial charge in [-0.25, -0.2) is 4.39 Å². The third-order valence-corrected chi connectivity index (χ3v) is 4.05. The predicted octanol–water partition coefficient (Wildman–Crippen LogP) is 1.23. The quantitative estimate of drug-likeness (QED) is 0.633. The minimum Gasteiger partial charge on any atom is -0.344 e. The molecule has 7 heteroatoms. The van der Waals surface area contributed by atoms with Gasteiger partial charge in [-0.15, -0.1) is 11.8 Å². The lowest BCUT2D eigenvalue weighted by molar-refractivity contribution is -0.137. The molecule has 1 saturated heterocycles. The Kier molecular flexibility index (Phi) is 5.32. The number of imide groups is 1. The van der Waals surface area contributed by atoms with E-state index in [1.54, 1.807) is 18.2 Å². The molecule has 1 aromatic rings. The highest BCUT2D eigenvalue weighted by Gasteiger charge is 2.27. The Morgan fingerprint density at radius 2 is 2.14 bits per heavy atom. The van der Waals surface area contributed by atoms with Crippen molar-refractivity contribution in [1.82, 2.24) is 10.6 Å². The van der Waals surface area contributed by atoms with Crippen LogP contribution in [0.2, 0.25) is 0 Å². The second-order valence-corrected chi connectivity index (χ2v) is 5.74. The number of carbonyl (C=O) groups excluding carboxylic acids is 3. The number of halogens is 1. The summed E-state index contributed by atoms with van der Waals surface area (Å²) in [7, 11) is 0. The van der Waals surface area contributed by atoms with Crippen molar-refractivity contribution in [3.05, 3.63) is 30.1 Å². The summed E-state index contributed by atoms with van der Waals surface area (Å²) in [5, 5.41) is 4.76. The van der Waals surface area contributed by atoms with Crippen molar-refractivity contribution in [2.75, 3.05) is 5.75 Å². The number of amides is 3. The van der Waals surface area contributed by atoms with Gasteiger partial charge >= 0.3 is 0 Å². The van der Waals surface area contributed by atoms with E-state index < -0.39 is 11.9 Å². The summed E-state index contributed by atoms with van der Waals surface area (Å²) in [5.74, 6) is -0.969. The Morgan fingerprint density at radius 3 is 2.86 bits per heavy atom. The molecule has 0 saturated carbocycles. The first-order chi connectivity index (χ1) is 10.1. The molecule has 0 aromatic heterocycles. The van der Waals surface area contributed by atoms with Gasteiger partial charge in [0, 0.05) is 23.5 Å². The summed E-state index contributed by atoms with van der Waals surface area (Å²) < 4.78 is 13.4. The normalized spacial score (nSPS) is 18.2. The first kappa shape index (κ1) is 15.5. The Hall–Kier alpha value is -1.89. The van der Waals surface area contributed by atoms with Crippen LogP contribution in [0.1, 0.15) is 19.3 Å². The molecular weight excluding hydrogens is 295 g/mol. The SMILES string of the molecule is O=C1CCC(NC(=O)CCSc2ccccc2F)C(=O)N1. The third kappa shape index (κ3) is 4.56. The van der Waals surface area contributed by atoms with Crippen molar-refractivity contribution < 1.29 is 18.8 Å². The highest BCUT2D eigenvalue weighted by molar-refractivity contribution is 7.99. The van der Waals surface area contributed by atoms with Gasteiger partial charge in [0.25, 0.3) is 0 Å². The van der Waals surface area contributed by atoms with Crippen LogP contribution in [0.15, 0.2) is 29.2 Å². The fourth-order valence-corrected chi connectivity index (χ4v) is 2.80. The van der Waals surface area contributed by atoms with E-state index in [9.17, 15) is 18.8 Å². The van der Waals surface area contributed by atoms with E-state index in [0.29, 0.717) is 17.1 Å². The largest absolute Gasteiger partial charge is 0.344 e. The van der Waals surface area contributed by atoms with Gasteiger partial charge in [-0.05, 0) is 18.6 Å². The van der Waals surface area contributed by atoms with Crippen molar-refractivity contribution in [3.8, 4) is 0 Å². The van der Waals surface area contributed by atoms with E-state index in [4.69, 9.17) is 0 Å². The van der Waals surface area contributed by atoms with Crippen molar-refractivity contribution in [2.45, 2.75) is 30.2 Å². The van der Waals surface area contributed by atoms with E-state index in [0.717, 1.165) is 0 Å². The molecule has 0 radical (unpaired) electrons. The highest BCUT2D eigenvalue weighted by atomic mass is 32.2. The van der Waals surface area contributed by atoms with Gasteiger partial charge in [0.05, 0.1) is 0 Å². The number of hydrogen-bond donors (Lipinski definition) is 2. The first-order valence-electron chi connectivity index (χ1n) is 6.56. The minimum atomic E-state index is -0.659. The molecule has 2 N–H and O–H groups in total. The zero-order valence-corrected chi connectivity index (χ0v) is 12.0. The number of hydrogen-bond acceptors (Lipinski definition) is 4. The molecule has 2 rings (SSSR count). The Morgan fingerprint density at radius 1 is 1.38 bits per heavy atom. The molecule has 0 bridgehead atoms. The molecule has 0 aliphatic carbocycles. The van der Waals surface area contributed by atoms with E-state index >= 15 is 0 Å². The molecule has 21 heavy (non-hydrogen) atoms. The topological polar surface area (TPSA) is 75.3 Å². The number of piperidine rings is 1. The average molecular weight is 310 g/mol. The molecule has 3 amide bonds. The van der Waals surface area contributed by atoms with Crippen LogP contribution in [0.4, 0.5) is 4.39 Å². The van der Waals surface area contributed by atoms with E-state index in [-0.39, 0.29) is 30.5 Å². The fourth-order valence-electron chi connectivity index (χ4n) is 1.91. The third-order valence-electron chi connectivity index (χ3n) is 3.00. The molecule has 0 spiro atoms. The van der Waals surface area contributed by atoms with Gasteiger partial charge in [-0.1, -0.05) is 12.1 Å². The number of carbonyl (C=O) groups is 3. The zero-order chi connectivity index (χ0) is 15.2. The van der Waals surface area contributed by atoms with E-state index in [2.05, 4.69) is 10.6 Å². The number of benzene rings is 1. The van der Waals surface area contributed by atoms with Crippen molar-refractivity contribution in [1.29, 1.82) is 0 Å². The van der Waals surface area contributed by atoms with Crippen LogP contribution in [0.25, 0.3) is 0 Å². The molecule has 1 heterocycles. The molecule has 1 aliphatic heterocycles. The first-order valence-corrected chi connectivity index (χ1v) is 7.55. The van der Waals surface area contributed by atoms with Gasteiger partial charge in [-0.3, -0.25) is 19.7 Å². The van der Waals surface area contributed by atoms with Crippen molar-refractivity contribution >= 4 is 29.5 Å². The van der Waals surface area contributed by atoms with Crippen LogP contribution in [0, 0.1) is 5.82 Å². The molecular formula is C14H15FN2O3S. The molecule has 1 aromatic carbocycles. The van der Waals surface area contributed by atoms with Gasteiger partial charge in [0.15, 0.2) is 0 Å². The summed E-state index contributed by atoms with van der Waals surface area (Å²) in [4.78, 5) is 34.7. The van der Waals surface area contributed by atoms with E-state index in [1.807, 2.05) is 0 Å². The average Bonchev–Trinajstić information content (AvgIpc) is 2.44. The van der Waals surface area contributed by atoms with Crippen molar-refractivity contribution in [2.24, 2.45) is 0 Å². The number of rotatable bonds is 5. The molecule has 5 nitrogen and oxygen atoms in total. The van der Waals surface area contributed by atoms with Crippen LogP contribution < -0.4 is 10.6 Å². The van der Waals surface area contributed by atoms with Crippen LogP contribution in [-0.2, 0) is 14.4 Å². The smallest absolute Gasteiger partial charge is 0.249 e. The summed E-state index contributed by atoms with van der Waals surface area (Å²) in [5.41, 5.74) is 0. The molecule has 1 aliphatic rings. The monoisotopic (exact) mass is 310 g/mol. The Balaban J connectivity index is 1.74. The van der Waals surface area contributed by atoms with Gasteiger partial charge < -0.3 is 5.32 Å². The maximum Gasteiger partial charge on any atom is 0.249 e. The van der Waals surface area contributed by atoms with Crippen LogP contribution in [0.3, 0.4) is 0 Å². The Labute approximate surface area is 125 Å². The maximum absolute atomic E-state index is 13.4. The lowest BCUT2D eigenvalue weighted by atomic mass is 10.1. The number of nitrogens with one attached hydrogen (secondary N) is 2.